The predicted octanol–water partition coefficient (Wildman–Crippen LogP) is 3.64. The van der Waals surface area contributed by atoms with Gasteiger partial charge >= 0.3 is 0 Å². The van der Waals surface area contributed by atoms with Crippen molar-refractivity contribution in [2.45, 2.75) is 13.3 Å². The van der Waals surface area contributed by atoms with Gasteiger partial charge in [0, 0.05) is 36.8 Å². The molecule has 3 rings (SSSR count). The molecule has 136 valence electrons. The largest absolute Gasteiger partial charge is 0.335 e. The van der Waals surface area contributed by atoms with Crippen molar-refractivity contribution < 1.29 is 14.0 Å². The molecule has 0 bridgehead atoms. The monoisotopic (exact) mass is 374 g/mol. The molecular formula is C20H20ClFN2O2. The maximum atomic E-state index is 13.9. The summed E-state index contributed by atoms with van der Waals surface area (Å²) in [6.45, 7) is 3.67. The number of carbonyl (C=O) groups excluding carboxylic acids is 2. The Bertz CT molecular complexity index is 815. The Labute approximate surface area is 157 Å². The van der Waals surface area contributed by atoms with Gasteiger partial charge in [-0.25, -0.2) is 4.39 Å². The molecular weight excluding hydrogens is 355 g/mol. The second-order valence-electron chi connectivity index (χ2n) is 6.26. The van der Waals surface area contributed by atoms with Gasteiger partial charge in [-0.3, -0.25) is 9.59 Å². The van der Waals surface area contributed by atoms with E-state index < -0.39 is 5.82 Å². The van der Waals surface area contributed by atoms with E-state index in [1.54, 1.807) is 9.80 Å². The summed E-state index contributed by atoms with van der Waals surface area (Å²) in [6, 6.07) is 11.6. The van der Waals surface area contributed by atoms with Crippen LogP contribution in [-0.4, -0.2) is 47.8 Å². The molecule has 0 aromatic heterocycles. The lowest BCUT2D eigenvalue weighted by molar-refractivity contribution is 0.0533. The van der Waals surface area contributed by atoms with Gasteiger partial charge in [-0.1, -0.05) is 30.7 Å². The Morgan fingerprint density at radius 3 is 2.08 bits per heavy atom. The molecule has 2 aromatic carbocycles. The smallest absolute Gasteiger partial charge is 0.256 e. The second-order valence-corrected chi connectivity index (χ2v) is 6.70. The van der Waals surface area contributed by atoms with Crippen molar-refractivity contribution in [3.05, 3.63) is 70.0 Å². The standard InChI is InChI=1S/C20H20ClFN2O2/c1-2-14-3-5-15(6-4-14)19(25)23-9-11-24(12-10-23)20(26)17-8-7-16(21)13-18(17)22/h3-8,13H,2,9-12H2,1H3. The van der Waals surface area contributed by atoms with Gasteiger partial charge in [0.1, 0.15) is 5.82 Å². The SMILES string of the molecule is CCc1ccc(C(=O)N2CCN(C(=O)c3ccc(Cl)cc3F)CC2)cc1. The molecule has 1 aliphatic heterocycles. The minimum absolute atomic E-state index is 0.00401. The number of amides is 2. The summed E-state index contributed by atoms with van der Waals surface area (Å²) in [7, 11) is 0. The van der Waals surface area contributed by atoms with Crippen LogP contribution in [0.15, 0.2) is 42.5 Å². The first-order chi connectivity index (χ1) is 12.5. The number of aryl methyl sites for hydroxylation is 1. The van der Waals surface area contributed by atoms with Crippen molar-refractivity contribution in [3.63, 3.8) is 0 Å². The molecule has 0 N–H and O–H groups in total. The Balaban J connectivity index is 1.63. The van der Waals surface area contributed by atoms with Gasteiger partial charge in [0.2, 0.25) is 0 Å². The van der Waals surface area contributed by atoms with Gasteiger partial charge in [0.15, 0.2) is 0 Å². The highest BCUT2D eigenvalue weighted by atomic mass is 35.5. The van der Waals surface area contributed by atoms with Crippen LogP contribution in [0.4, 0.5) is 4.39 Å². The van der Waals surface area contributed by atoms with Crippen LogP contribution in [0, 0.1) is 5.82 Å². The van der Waals surface area contributed by atoms with Crippen molar-refractivity contribution in [2.75, 3.05) is 26.2 Å². The number of halogens is 2. The second kappa shape index (κ2) is 7.87. The van der Waals surface area contributed by atoms with E-state index >= 15 is 0 Å². The minimum atomic E-state index is -0.628. The third-order valence-corrected chi connectivity index (χ3v) is 4.86. The summed E-state index contributed by atoms with van der Waals surface area (Å²) in [5.74, 6) is -1.05. The molecule has 1 aliphatic rings. The fourth-order valence-corrected chi connectivity index (χ4v) is 3.17. The number of nitrogens with zero attached hydrogens (tertiary/aromatic N) is 2. The summed E-state index contributed by atoms with van der Waals surface area (Å²) in [6.07, 6.45) is 0.927. The summed E-state index contributed by atoms with van der Waals surface area (Å²) in [5, 5.41) is 0.253. The van der Waals surface area contributed by atoms with Crippen LogP contribution in [-0.2, 0) is 6.42 Å². The summed E-state index contributed by atoms with van der Waals surface area (Å²) < 4.78 is 13.9. The zero-order valence-electron chi connectivity index (χ0n) is 14.5. The van der Waals surface area contributed by atoms with Crippen LogP contribution in [0.5, 0.6) is 0 Å². The van der Waals surface area contributed by atoms with E-state index in [-0.39, 0.29) is 22.4 Å². The third-order valence-electron chi connectivity index (χ3n) is 4.62. The van der Waals surface area contributed by atoms with Crippen molar-refractivity contribution in [1.29, 1.82) is 0 Å². The summed E-state index contributed by atoms with van der Waals surface area (Å²) in [4.78, 5) is 28.4. The van der Waals surface area contributed by atoms with Gasteiger partial charge in [0.25, 0.3) is 11.8 Å². The third kappa shape index (κ3) is 3.88. The maximum Gasteiger partial charge on any atom is 0.256 e. The van der Waals surface area contributed by atoms with E-state index in [1.165, 1.54) is 17.7 Å². The zero-order valence-corrected chi connectivity index (χ0v) is 15.3. The predicted molar refractivity (Wildman–Crippen MR) is 99.0 cm³/mol. The summed E-state index contributed by atoms with van der Waals surface area (Å²) >= 11 is 5.73. The average Bonchev–Trinajstić information content (AvgIpc) is 2.67. The molecule has 6 heteroatoms. The molecule has 0 radical (unpaired) electrons. The molecule has 1 fully saturated rings. The number of rotatable bonds is 3. The lowest BCUT2D eigenvalue weighted by atomic mass is 10.1. The topological polar surface area (TPSA) is 40.6 Å². The highest BCUT2D eigenvalue weighted by molar-refractivity contribution is 6.30. The molecule has 4 nitrogen and oxygen atoms in total. The quantitative estimate of drug-likeness (QED) is 0.823. The summed E-state index contributed by atoms with van der Waals surface area (Å²) in [5.41, 5.74) is 1.83. The Hall–Kier alpha value is -2.40. The van der Waals surface area contributed by atoms with E-state index in [9.17, 15) is 14.0 Å². The van der Waals surface area contributed by atoms with Gasteiger partial charge in [-0.15, -0.1) is 0 Å². The van der Waals surface area contributed by atoms with E-state index in [1.807, 2.05) is 24.3 Å². The van der Waals surface area contributed by atoms with E-state index in [4.69, 9.17) is 11.6 Å². The van der Waals surface area contributed by atoms with E-state index in [0.29, 0.717) is 31.7 Å². The van der Waals surface area contributed by atoms with Crippen LogP contribution >= 0.6 is 11.6 Å². The molecule has 0 atom stereocenters. The molecule has 0 saturated carbocycles. The molecule has 0 unspecified atom stereocenters. The minimum Gasteiger partial charge on any atom is -0.335 e. The number of carbonyl (C=O) groups is 2. The highest BCUT2D eigenvalue weighted by Crippen LogP contribution is 2.18. The molecule has 2 aromatic rings. The lowest BCUT2D eigenvalue weighted by Gasteiger charge is -2.35. The van der Waals surface area contributed by atoms with Crippen LogP contribution in [0.2, 0.25) is 5.02 Å². The van der Waals surface area contributed by atoms with Crippen molar-refractivity contribution in [2.24, 2.45) is 0 Å². The first-order valence-corrected chi connectivity index (χ1v) is 9.00. The first kappa shape index (κ1) is 18.4. The van der Waals surface area contributed by atoms with Crippen LogP contribution in [0.25, 0.3) is 0 Å². The maximum absolute atomic E-state index is 13.9. The lowest BCUT2D eigenvalue weighted by Crippen LogP contribution is -2.50. The average molecular weight is 375 g/mol. The van der Waals surface area contributed by atoms with Crippen LogP contribution in [0.1, 0.15) is 33.2 Å². The van der Waals surface area contributed by atoms with Crippen molar-refractivity contribution >= 4 is 23.4 Å². The van der Waals surface area contributed by atoms with Gasteiger partial charge in [-0.2, -0.15) is 0 Å². The van der Waals surface area contributed by atoms with Crippen LogP contribution in [0.3, 0.4) is 0 Å². The fourth-order valence-electron chi connectivity index (χ4n) is 3.01. The number of benzene rings is 2. The fraction of sp³-hybridized carbons (Fsp3) is 0.300. The van der Waals surface area contributed by atoms with Crippen LogP contribution < -0.4 is 0 Å². The zero-order chi connectivity index (χ0) is 18.7. The number of hydrogen-bond acceptors (Lipinski definition) is 2. The van der Waals surface area contributed by atoms with Crippen molar-refractivity contribution in [3.8, 4) is 0 Å². The van der Waals surface area contributed by atoms with Gasteiger partial charge in [0.05, 0.1) is 5.56 Å². The Morgan fingerprint density at radius 1 is 0.962 bits per heavy atom. The van der Waals surface area contributed by atoms with Gasteiger partial charge < -0.3 is 9.80 Å². The van der Waals surface area contributed by atoms with Gasteiger partial charge in [-0.05, 0) is 42.3 Å². The molecule has 1 saturated heterocycles. The molecule has 0 spiro atoms. The number of hydrogen-bond donors (Lipinski definition) is 0. The molecule has 1 heterocycles. The Kier molecular flexibility index (Phi) is 5.57. The van der Waals surface area contributed by atoms with Crippen molar-refractivity contribution in [1.82, 2.24) is 9.80 Å². The highest BCUT2D eigenvalue weighted by Gasteiger charge is 2.26. The normalized spacial score (nSPS) is 14.4. The van der Waals surface area contributed by atoms with E-state index in [2.05, 4.69) is 6.92 Å². The molecule has 26 heavy (non-hydrogen) atoms. The molecule has 2 amide bonds. The Morgan fingerprint density at radius 2 is 1.54 bits per heavy atom. The van der Waals surface area contributed by atoms with E-state index in [0.717, 1.165) is 12.5 Å². The molecule has 0 aliphatic carbocycles. The number of piperazine rings is 1. The first-order valence-electron chi connectivity index (χ1n) is 8.62.